The molecule has 1 aromatic carbocycles. The molecule has 9 nitrogen and oxygen atoms in total. The number of carbonyl (C=O) groups is 3. The van der Waals surface area contributed by atoms with Crippen molar-refractivity contribution in [3.05, 3.63) is 48.0 Å². The first-order valence-electron chi connectivity index (χ1n) is 10.7. The number of anilines is 1. The molecule has 0 saturated carbocycles. The molecule has 176 valence electrons. The highest BCUT2D eigenvalue weighted by molar-refractivity contribution is 7.13. The quantitative estimate of drug-likeness (QED) is 0.539. The predicted molar refractivity (Wildman–Crippen MR) is 125 cm³/mol. The Bertz CT molecular complexity index is 981. The zero-order valence-corrected chi connectivity index (χ0v) is 18.9. The van der Waals surface area contributed by atoms with Crippen LogP contribution in [0.2, 0.25) is 0 Å². The van der Waals surface area contributed by atoms with E-state index in [-0.39, 0.29) is 5.41 Å². The van der Waals surface area contributed by atoms with E-state index in [1.165, 1.54) is 16.2 Å². The van der Waals surface area contributed by atoms with Gasteiger partial charge < -0.3 is 20.2 Å². The molecule has 3 N–H and O–H groups in total. The van der Waals surface area contributed by atoms with Crippen molar-refractivity contribution in [2.24, 2.45) is 5.41 Å². The number of carboxylic acid groups (broad SMARTS) is 3. The fourth-order valence-electron chi connectivity index (χ4n) is 4.52. The summed E-state index contributed by atoms with van der Waals surface area (Å²) < 4.78 is 0. The molecule has 0 spiro atoms. The SMILES string of the molecule is O=C(O)/C=C/C(=O)O.O=C(O)N(CC12CCCN(CCC1)C2)c1ncsc1-c1ccccc1. The van der Waals surface area contributed by atoms with Gasteiger partial charge in [0.15, 0.2) is 5.82 Å². The standard InChI is InChI=1S/C19H23N3O2S.C4H4O4/c23-18(24)22(13-19-8-4-10-21(12-19)11-5-9-19)17-16(25-14-20-17)15-6-2-1-3-7-15;5-3(6)1-2-4(7)8/h1-3,6-7,14H,4-5,8-13H2,(H,23,24);1-2H,(H,5,6)(H,7,8)/b;2-1+. The molecule has 2 saturated heterocycles. The van der Waals surface area contributed by atoms with Gasteiger partial charge in [-0.2, -0.15) is 0 Å². The Morgan fingerprint density at radius 3 is 2.18 bits per heavy atom. The topological polar surface area (TPSA) is 131 Å². The molecule has 33 heavy (non-hydrogen) atoms. The second-order valence-corrected chi connectivity index (χ2v) is 9.09. The summed E-state index contributed by atoms with van der Waals surface area (Å²) in [7, 11) is 0. The monoisotopic (exact) mass is 473 g/mol. The van der Waals surface area contributed by atoms with E-state index in [4.69, 9.17) is 10.2 Å². The maximum absolute atomic E-state index is 12.1. The van der Waals surface area contributed by atoms with Crippen LogP contribution >= 0.6 is 11.3 Å². The second-order valence-electron chi connectivity index (χ2n) is 8.23. The van der Waals surface area contributed by atoms with E-state index >= 15 is 0 Å². The summed E-state index contributed by atoms with van der Waals surface area (Å²) in [5.41, 5.74) is 2.85. The van der Waals surface area contributed by atoms with Crippen LogP contribution in [0.25, 0.3) is 10.4 Å². The van der Waals surface area contributed by atoms with Crippen LogP contribution < -0.4 is 4.90 Å². The Hall–Kier alpha value is -3.24. The molecule has 0 aliphatic carbocycles. The molecule has 2 aromatic rings. The molecule has 2 aliphatic heterocycles. The molecule has 0 unspecified atom stereocenters. The number of amides is 1. The Morgan fingerprint density at radius 2 is 1.64 bits per heavy atom. The summed E-state index contributed by atoms with van der Waals surface area (Å²) in [4.78, 5) is 40.5. The highest BCUT2D eigenvalue weighted by Crippen LogP contribution is 2.41. The fraction of sp³-hybridized carbons (Fsp3) is 0.391. The Kier molecular flexibility index (Phi) is 8.18. The Labute approximate surface area is 195 Å². The van der Waals surface area contributed by atoms with Gasteiger partial charge in [-0.3, -0.25) is 4.90 Å². The first-order valence-corrected chi connectivity index (χ1v) is 11.5. The molecule has 0 atom stereocenters. The van der Waals surface area contributed by atoms with E-state index in [1.807, 2.05) is 30.3 Å². The third kappa shape index (κ3) is 6.62. The second kappa shape index (κ2) is 11.1. The number of aromatic nitrogens is 1. The van der Waals surface area contributed by atoms with Gasteiger partial charge in [-0.15, -0.1) is 11.3 Å². The number of thiazole rings is 1. The van der Waals surface area contributed by atoms with Crippen LogP contribution in [0.15, 0.2) is 48.0 Å². The van der Waals surface area contributed by atoms with Crippen molar-refractivity contribution >= 4 is 35.2 Å². The highest BCUT2D eigenvalue weighted by atomic mass is 32.1. The van der Waals surface area contributed by atoms with Crippen LogP contribution in [0.4, 0.5) is 10.6 Å². The number of rotatable bonds is 6. The average molecular weight is 474 g/mol. The molecule has 4 rings (SSSR count). The van der Waals surface area contributed by atoms with Crippen LogP contribution in [0.5, 0.6) is 0 Å². The van der Waals surface area contributed by atoms with E-state index < -0.39 is 18.0 Å². The van der Waals surface area contributed by atoms with Gasteiger partial charge >= 0.3 is 18.0 Å². The molecule has 1 aromatic heterocycles. The zero-order valence-electron chi connectivity index (χ0n) is 18.1. The normalized spacial score (nSPS) is 21.6. The number of hydrogen-bond donors (Lipinski definition) is 3. The summed E-state index contributed by atoms with van der Waals surface area (Å²) in [5, 5.41) is 25.5. The van der Waals surface area contributed by atoms with Crippen LogP contribution in [0.3, 0.4) is 0 Å². The lowest BCUT2D eigenvalue weighted by Crippen LogP contribution is -2.53. The number of piperidine rings is 2. The number of hydrogen-bond acceptors (Lipinski definition) is 6. The van der Waals surface area contributed by atoms with Gasteiger partial charge in [0.25, 0.3) is 0 Å². The zero-order chi connectivity index (χ0) is 23.8. The molecule has 2 bridgehead atoms. The smallest absolute Gasteiger partial charge is 0.413 e. The van der Waals surface area contributed by atoms with Gasteiger partial charge in [0.05, 0.1) is 10.4 Å². The lowest BCUT2D eigenvalue weighted by atomic mass is 9.73. The first kappa shape index (κ1) is 24.4. The van der Waals surface area contributed by atoms with Crippen LogP contribution in [-0.2, 0) is 9.59 Å². The summed E-state index contributed by atoms with van der Waals surface area (Å²) >= 11 is 1.50. The summed E-state index contributed by atoms with van der Waals surface area (Å²) in [5.74, 6) is -1.93. The molecule has 2 aliphatic rings. The van der Waals surface area contributed by atoms with Gasteiger partial charge in [-0.1, -0.05) is 30.3 Å². The molecular weight excluding hydrogens is 446 g/mol. The Morgan fingerprint density at radius 1 is 1.03 bits per heavy atom. The van der Waals surface area contributed by atoms with Gasteiger partial charge in [-0.25, -0.2) is 19.4 Å². The van der Waals surface area contributed by atoms with Gasteiger partial charge in [0, 0.05) is 30.7 Å². The molecular formula is C23H27N3O6S. The highest BCUT2D eigenvalue weighted by Gasteiger charge is 2.41. The number of carboxylic acids is 2. The maximum Gasteiger partial charge on any atom is 0.413 e. The van der Waals surface area contributed by atoms with E-state index in [2.05, 4.69) is 9.88 Å². The third-order valence-corrected chi connectivity index (χ3v) is 6.72. The van der Waals surface area contributed by atoms with E-state index in [0.29, 0.717) is 24.5 Å². The molecule has 10 heteroatoms. The van der Waals surface area contributed by atoms with Crippen LogP contribution in [0.1, 0.15) is 25.7 Å². The lowest BCUT2D eigenvalue weighted by Gasteiger charge is -2.48. The summed E-state index contributed by atoms with van der Waals surface area (Å²) in [6, 6.07) is 9.94. The van der Waals surface area contributed by atoms with Crippen molar-refractivity contribution < 1.29 is 29.7 Å². The maximum atomic E-state index is 12.1. The van der Waals surface area contributed by atoms with Crippen molar-refractivity contribution in [3.8, 4) is 10.4 Å². The van der Waals surface area contributed by atoms with Crippen molar-refractivity contribution in [2.75, 3.05) is 31.1 Å². The Balaban J connectivity index is 0.000000331. The van der Waals surface area contributed by atoms with Crippen LogP contribution in [0, 0.1) is 5.41 Å². The summed E-state index contributed by atoms with van der Waals surface area (Å²) in [6.07, 6.45) is 4.76. The van der Waals surface area contributed by atoms with Crippen molar-refractivity contribution in [1.82, 2.24) is 9.88 Å². The van der Waals surface area contributed by atoms with E-state index in [9.17, 15) is 19.5 Å². The van der Waals surface area contributed by atoms with Gasteiger partial charge in [-0.05, 0) is 44.3 Å². The number of aliphatic carboxylic acids is 2. The summed E-state index contributed by atoms with van der Waals surface area (Å²) in [6.45, 7) is 3.87. The van der Waals surface area contributed by atoms with Crippen molar-refractivity contribution in [1.29, 1.82) is 0 Å². The van der Waals surface area contributed by atoms with Gasteiger partial charge in [0.1, 0.15) is 0 Å². The lowest BCUT2D eigenvalue weighted by molar-refractivity contribution is -0.134. The number of benzene rings is 1. The minimum Gasteiger partial charge on any atom is -0.478 e. The van der Waals surface area contributed by atoms with Crippen LogP contribution in [-0.4, -0.2) is 69.4 Å². The first-order chi connectivity index (χ1) is 15.8. The predicted octanol–water partition coefficient (Wildman–Crippen LogP) is 3.88. The van der Waals surface area contributed by atoms with E-state index in [1.54, 1.807) is 5.51 Å². The number of nitrogens with zero attached hydrogens (tertiary/aromatic N) is 3. The third-order valence-electron chi connectivity index (χ3n) is 5.86. The molecule has 3 heterocycles. The average Bonchev–Trinajstić information content (AvgIpc) is 3.27. The minimum atomic E-state index is -1.26. The van der Waals surface area contributed by atoms with E-state index in [0.717, 1.165) is 55.8 Å². The van der Waals surface area contributed by atoms with Crippen molar-refractivity contribution in [2.45, 2.75) is 25.7 Å². The molecule has 2 fully saturated rings. The largest absolute Gasteiger partial charge is 0.478 e. The minimum absolute atomic E-state index is 0.0759. The van der Waals surface area contributed by atoms with Gasteiger partial charge in [0.2, 0.25) is 0 Å². The number of fused-ring (bicyclic) bond motifs is 2. The fourth-order valence-corrected chi connectivity index (χ4v) is 5.32. The van der Waals surface area contributed by atoms with Crippen molar-refractivity contribution in [3.63, 3.8) is 0 Å². The molecule has 1 amide bonds. The molecule has 0 radical (unpaired) electrons.